The lowest BCUT2D eigenvalue weighted by Gasteiger charge is -2.32. The second kappa shape index (κ2) is 8.26. The van der Waals surface area contributed by atoms with Crippen LogP contribution < -0.4 is 10.6 Å². The quantitative estimate of drug-likeness (QED) is 0.797. The fourth-order valence-corrected chi connectivity index (χ4v) is 2.32. The first kappa shape index (κ1) is 19.1. The number of benzene rings is 1. The van der Waals surface area contributed by atoms with Crippen LogP contribution in [-0.4, -0.2) is 55.8 Å². The Bertz CT molecular complexity index is 607. The van der Waals surface area contributed by atoms with Crippen LogP contribution in [0.1, 0.15) is 11.7 Å². The molecule has 1 fully saturated rings. The summed E-state index contributed by atoms with van der Waals surface area (Å²) in [4.78, 5) is 24.7. The molecule has 0 aromatic heterocycles. The van der Waals surface area contributed by atoms with Crippen molar-refractivity contribution < 1.29 is 31.9 Å². The van der Waals surface area contributed by atoms with E-state index >= 15 is 0 Å². The van der Waals surface area contributed by atoms with Crippen LogP contribution in [0, 0.1) is 5.82 Å². The van der Waals surface area contributed by atoms with E-state index in [1.54, 1.807) is 22.3 Å². The Morgan fingerprint density at radius 2 is 1.92 bits per heavy atom. The number of nitrogens with zero attached hydrogens (tertiary/aromatic N) is 1. The van der Waals surface area contributed by atoms with E-state index in [9.17, 15) is 27.2 Å². The number of urea groups is 1. The Morgan fingerprint density at radius 1 is 1.24 bits per heavy atom. The van der Waals surface area contributed by atoms with Crippen molar-refractivity contribution in [2.45, 2.75) is 12.3 Å². The first-order valence-corrected chi connectivity index (χ1v) is 7.47. The summed E-state index contributed by atoms with van der Waals surface area (Å²) < 4.78 is 54.5. The van der Waals surface area contributed by atoms with E-state index < -0.39 is 24.7 Å². The maximum absolute atomic E-state index is 12.9. The van der Waals surface area contributed by atoms with Gasteiger partial charge in [-0.1, -0.05) is 12.1 Å². The summed E-state index contributed by atoms with van der Waals surface area (Å²) in [5, 5.41) is 3.40. The van der Waals surface area contributed by atoms with Crippen molar-refractivity contribution in [1.29, 1.82) is 0 Å². The van der Waals surface area contributed by atoms with Crippen LogP contribution in [0.5, 0.6) is 0 Å². The zero-order valence-corrected chi connectivity index (χ0v) is 13.1. The Balaban J connectivity index is 1.80. The smallest absolute Gasteiger partial charge is 0.371 e. The maximum atomic E-state index is 12.9. The van der Waals surface area contributed by atoms with Gasteiger partial charge in [-0.05, 0) is 17.7 Å². The highest BCUT2D eigenvalue weighted by Gasteiger charge is 2.28. The molecule has 3 amide bonds. The lowest BCUT2D eigenvalue weighted by Crippen LogP contribution is -2.48. The van der Waals surface area contributed by atoms with Gasteiger partial charge in [0.2, 0.25) is 5.91 Å². The third-order valence-electron chi connectivity index (χ3n) is 3.46. The highest BCUT2D eigenvalue weighted by Crippen LogP contribution is 2.22. The van der Waals surface area contributed by atoms with Gasteiger partial charge in [0, 0.05) is 13.1 Å². The number of hydrogen-bond donors (Lipinski definition) is 2. The predicted octanol–water partition coefficient (Wildman–Crippen LogP) is 1.59. The number of imide groups is 1. The number of nitrogens with one attached hydrogen (secondary N) is 2. The third kappa shape index (κ3) is 6.67. The number of carbonyl (C=O) groups excluding carboxylic acids is 2. The molecular formula is C15H17F4N3O3. The Labute approximate surface area is 141 Å². The lowest BCUT2D eigenvalue weighted by molar-refractivity contribution is -0.126. The Morgan fingerprint density at radius 3 is 2.56 bits per heavy atom. The van der Waals surface area contributed by atoms with Gasteiger partial charge in [-0.2, -0.15) is 13.2 Å². The fourth-order valence-electron chi connectivity index (χ4n) is 2.32. The summed E-state index contributed by atoms with van der Waals surface area (Å²) in [6.45, 7) is -0.592. The SMILES string of the molecule is O=C(CN1CCOC(c2ccc(F)cc2)C1)NC(=O)NCC(F)(F)F. The zero-order valence-electron chi connectivity index (χ0n) is 13.1. The molecule has 1 heterocycles. The van der Waals surface area contributed by atoms with E-state index in [4.69, 9.17) is 4.74 Å². The Hall–Kier alpha value is -2.20. The molecule has 1 aromatic carbocycles. The van der Waals surface area contributed by atoms with Crippen molar-refractivity contribution >= 4 is 11.9 Å². The first-order valence-electron chi connectivity index (χ1n) is 7.47. The predicted molar refractivity (Wildman–Crippen MR) is 79.1 cm³/mol. The number of alkyl halides is 3. The van der Waals surface area contributed by atoms with Crippen LogP contribution in [0.25, 0.3) is 0 Å². The molecule has 1 aliphatic rings. The van der Waals surface area contributed by atoms with Gasteiger partial charge < -0.3 is 10.1 Å². The largest absolute Gasteiger partial charge is 0.405 e. The average molecular weight is 363 g/mol. The third-order valence-corrected chi connectivity index (χ3v) is 3.46. The average Bonchev–Trinajstić information content (AvgIpc) is 2.53. The summed E-state index contributed by atoms with van der Waals surface area (Å²) >= 11 is 0. The van der Waals surface area contributed by atoms with Crippen LogP contribution >= 0.6 is 0 Å². The number of morpholine rings is 1. The van der Waals surface area contributed by atoms with Gasteiger partial charge in [0.05, 0.1) is 19.3 Å². The Kier molecular flexibility index (Phi) is 6.32. The number of rotatable bonds is 4. The first-order chi connectivity index (χ1) is 11.7. The van der Waals surface area contributed by atoms with Gasteiger partial charge in [0.25, 0.3) is 0 Å². The topological polar surface area (TPSA) is 70.7 Å². The molecule has 0 spiro atoms. The van der Waals surface area contributed by atoms with E-state index in [2.05, 4.69) is 0 Å². The number of amides is 3. The minimum absolute atomic E-state index is 0.166. The van der Waals surface area contributed by atoms with Gasteiger partial charge >= 0.3 is 12.2 Å². The van der Waals surface area contributed by atoms with Crippen LogP contribution in [0.4, 0.5) is 22.4 Å². The van der Waals surface area contributed by atoms with Crippen molar-refractivity contribution in [3.8, 4) is 0 Å². The van der Waals surface area contributed by atoms with Crippen LogP contribution in [0.3, 0.4) is 0 Å². The van der Waals surface area contributed by atoms with E-state index in [0.717, 1.165) is 5.56 Å². The molecule has 25 heavy (non-hydrogen) atoms. The lowest BCUT2D eigenvalue weighted by atomic mass is 10.1. The molecule has 1 atom stereocenters. The number of halogens is 4. The molecular weight excluding hydrogens is 346 g/mol. The van der Waals surface area contributed by atoms with E-state index in [1.807, 2.05) is 5.32 Å². The summed E-state index contributed by atoms with van der Waals surface area (Å²) in [5.41, 5.74) is 0.745. The molecule has 0 saturated carbocycles. The molecule has 0 bridgehead atoms. The minimum Gasteiger partial charge on any atom is -0.371 e. The van der Waals surface area contributed by atoms with Crippen molar-refractivity contribution in [3.05, 3.63) is 35.6 Å². The molecule has 0 radical (unpaired) electrons. The summed E-state index contributed by atoms with van der Waals surface area (Å²) in [7, 11) is 0. The van der Waals surface area contributed by atoms with Crippen molar-refractivity contribution in [2.24, 2.45) is 0 Å². The molecule has 10 heteroatoms. The number of ether oxygens (including phenoxy) is 1. The number of hydrogen-bond acceptors (Lipinski definition) is 4. The van der Waals surface area contributed by atoms with Gasteiger partial charge in [-0.25, -0.2) is 9.18 Å². The van der Waals surface area contributed by atoms with Gasteiger partial charge in [-0.3, -0.25) is 15.0 Å². The van der Waals surface area contributed by atoms with Crippen LogP contribution in [0.2, 0.25) is 0 Å². The molecule has 1 aromatic rings. The fraction of sp³-hybridized carbons (Fsp3) is 0.467. The van der Waals surface area contributed by atoms with E-state index in [1.165, 1.54) is 12.1 Å². The molecule has 1 saturated heterocycles. The standard InChI is InChI=1S/C15H17F4N3O3/c16-11-3-1-10(2-4-11)12-7-22(5-6-25-12)8-13(23)21-14(24)20-9-15(17,18)19/h1-4,12H,5-9H2,(H2,20,21,23,24). The summed E-state index contributed by atoms with van der Waals surface area (Å²) in [6.07, 6.45) is -4.91. The van der Waals surface area contributed by atoms with Gasteiger partial charge in [-0.15, -0.1) is 0 Å². The van der Waals surface area contributed by atoms with Crippen molar-refractivity contribution in [2.75, 3.05) is 32.8 Å². The zero-order chi connectivity index (χ0) is 18.4. The second-order valence-corrected chi connectivity index (χ2v) is 5.49. The molecule has 6 nitrogen and oxygen atoms in total. The molecule has 1 aliphatic heterocycles. The molecule has 0 aliphatic carbocycles. The normalized spacial score (nSPS) is 18.6. The van der Waals surface area contributed by atoms with Gasteiger partial charge in [0.1, 0.15) is 12.4 Å². The summed E-state index contributed by atoms with van der Waals surface area (Å²) in [6, 6.07) is 4.55. The molecule has 2 rings (SSSR count). The molecule has 1 unspecified atom stereocenters. The summed E-state index contributed by atoms with van der Waals surface area (Å²) in [5.74, 6) is -1.10. The van der Waals surface area contributed by atoms with Crippen LogP contribution in [-0.2, 0) is 9.53 Å². The minimum atomic E-state index is -4.55. The maximum Gasteiger partial charge on any atom is 0.405 e. The number of carbonyl (C=O) groups is 2. The van der Waals surface area contributed by atoms with Crippen molar-refractivity contribution in [1.82, 2.24) is 15.5 Å². The second-order valence-electron chi connectivity index (χ2n) is 5.49. The highest BCUT2D eigenvalue weighted by molar-refractivity contribution is 5.95. The van der Waals surface area contributed by atoms with E-state index in [-0.39, 0.29) is 18.5 Å². The molecule has 2 N–H and O–H groups in total. The van der Waals surface area contributed by atoms with Crippen LogP contribution in [0.15, 0.2) is 24.3 Å². The monoisotopic (exact) mass is 363 g/mol. The molecule has 138 valence electrons. The highest BCUT2D eigenvalue weighted by atomic mass is 19.4. The van der Waals surface area contributed by atoms with E-state index in [0.29, 0.717) is 19.7 Å². The van der Waals surface area contributed by atoms with Crippen molar-refractivity contribution in [3.63, 3.8) is 0 Å². The van der Waals surface area contributed by atoms with Gasteiger partial charge in [0.15, 0.2) is 0 Å².